The van der Waals surface area contributed by atoms with Crippen LogP contribution in [0.25, 0.3) is 0 Å². The fourth-order valence-corrected chi connectivity index (χ4v) is 5.28. The number of hydrogen-bond acceptors (Lipinski definition) is 5. The first kappa shape index (κ1) is 21.4. The van der Waals surface area contributed by atoms with Crippen LogP contribution in [0.15, 0.2) is 65.9 Å². The Morgan fingerprint density at radius 3 is 2.48 bits per heavy atom. The molecule has 2 aromatic carbocycles. The van der Waals surface area contributed by atoms with E-state index in [4.69, 9.17) is 9.47 Å². The molecule has 33 heavy (non-hydrogen) atoms. The molecular weight excluding hydrogens is 418 g/mol. The van der Waals surface area contributed by atoms with Crippen LogP contribution in [-0.4, -0.2) is 42.3 Å². The maximum Gasteiger partial charge on any atom is 0.337 e. The molecule has 6 heteroatoms. The average molecular weight is 446 g/mol. The number of methoxy groups -OCH3 is 1. The van der Waals surface area contributed by atoms with Crippen LogP contribution in [0.4, 0.5) is 0 Å². The number of ether oxygens (including phenoxy) is 2. The summed E-state index contributed by atoms with van der Waals surface area (Å²) in [7, 11) is 1.34. The van der Waals surface area contributed by atoms with Gasteiger partial charge in [-0.3, -0.25) is 9.59 Å². The molecule has 0 saturated heterocycles. The number of hydrogen-bond donors (Lipinski definition) is 0. The van der Waals surface area contributed by atoms with Crippen molar-refractivity contribution in [1.82, 2.24) is 4.90 Å². The molecule has 0 bridgehead atoms. The van der Waals surface area contributed by atoms with E-state index in [9.17, 15) is 14.4 Å². The van der Waals surface area contributed by atoms with Crippen LogP contribution in [0.1, 0.15) is 53.2 Å². The Balaban J connectivity index is 1.51. The molecule has 3 aliphatic rings. The predicted octanol–water partition coefficient (Wildman–Crippen LogP) is 4.01. The fourth-order valence-electron chi connectivity index (χ4n) is 5.28. The average Bonchev–Trinajstić information content (AvgIpc) is 3.14. The number of carbonyl (C=O) groups excluding carboxylic acids is 3. The van der Waals surface area contributed by atoms with Crippen molar-refractivity contribution in [1.29, 1.82) is 0 Å². The zero-order valence-corrected chi connectivity index (χ0v) is 18.7. The highest BCUT2D eigenvalue weighted by molar-refractivity contribution is 6.11. The number of Topliss-reactive ketones (excluding diaryl/α,β-unsaturated/α-hetero) is 1. The van der Waals surface area contributed by atoms with Crippen molar-refractivity contribution in [3.8, 4) is 0 Å². The van der Waals surface area contributed by atoms with Gasteiger partial charge in [-0.1, -0.05) is 48.9 Å². The molecule has 2 aliphatic heterocycles. The van der Waals surface area contributed by atoms with Gasteiger partial charge in [0.2, 0.25) is 0 Å². The van der Waals surface area contributed by atoms with Gasteiger partial charge in [-0.2, -0.15) is 0 Å². The van der Waals surface area contributed by atoms with Crippen LogP contribution in [0.5, 0.6) is 0 Å². The van der Waals surface area contributed by atoms with E-state index in [1.165, 1.54) is 7.11 Å². The summed E-state index contributed by atoms with van der Waals surface area (Å²) in [4.78, 5) is 40.8. The minimum absolute atomic E-state index is 0.0403. The summed E-state index contributed by atoms with van der Waals surface area (Å²) >= 11 is 0. The van der Waals surface area contributed by atoms with E-state index < -0.39 is 12.0 Å². The van der Waals surface area contributed by atoms with Crippen LogP contribution in [0.2, 0.25) is 0 Å². The molecule has 1 amide bonds. The lowest BCUT2D eigenvalue weighted by molar-refractivity contribution is -0.135. The van der Waals surface area contributed by atoms with Crippen molar-refractivity contribution >= 4 is 17.7 Å². The van der Waals surface area contributed by atoms with Crippen molar-refractivity contribution in [3.05, 3.63) is 82.6 Å². The van der Waals surface area contributed by atoms with Crippen molar-refractivity contribution in [3.63, 3.8) is 0 Å². The van der Waals surface area contributed by atoms with E-state index in [1.807, 2.05) is 30.3 Å². The quantitative estimate of drug-likeness (QED) is 0.650. The minimum Gasteiger partial charge on any atom is -0.483 e. The molecule has 170 valence electrons. The predicted molar refractivity (Wildman–Crippen MR) is 121 cm³/mol. The second kappa shape index (κ2) is 8.85. The molecule has 0 spiro atoms. The van der Waals surface area contributed by atoms with Gasteiger partial charge in [0.1, 0.15) is 6.10 Å². The monoisotopic (exact) mass is 445 g/mol. The first-order valence-electron chi connectivity index (χ1n) is 11.6. The molecule has 0 aromatic heterocycles. The number of amides is 1. The van der Waals surface area contributed by atoms with Gasteiger partial charge in [0.25, 0.3) is 5.91 Å². The van der Waals surface area contributed by atoms with Gasteiger partial charge in [0.05, 0.1) is 30.2 Å². The summed E-state index contributed by atoms with van der Waals surface area (Å²) in [6, 6.07) is 16.4. The van der Waals surface area contributed by atoms with Gasteiger partial charge < -0.3 is 14.4 Å². The van der Waals surface area contributed by atoms with Crippen LogP contribution in [0, 0.1) is 5.92 Å². The number of esters is 1. The zero-order chi connectivity index (χ0) is 22.9. The van der Waals surface area contributed by atoms with Gasteiger partial charge in [-0.25, -0.2) is 4.79 Å². The number of rotatable bonds is 5. The molecule has 0 radical (unpaired) electrons. The van der Waals surface area contributed by atoms with Gasteiger partial charge in [0, 0.05) is 6.54 Å². The molecule has 3 unspecified atom stereocenters. The number of benzene rings is 2. The van der Waals surface area contributed by atoms with Crippen LogP contribution >= 0.6 is 0 Å². The summed E-state index contributed by atoms with van der Waals surface area (Å²) in [5.41, 5.74) is 2.81. The van der Waals surface area contributed by atoms with E-state index in [1.54, 1.807) is 29.2 Å². The Morgan fingerprint density at radius 1 is 1.03 bits per heavy atom. The van der Waals surface area contributed by atoms with Crippen molar-refractivity contribution < 1.29 is 23.9 Å². The van der Waals surface area contributed by atoms with Crippen LogP contribution < -0.4 is 0 Å². The Bertz CT molecular complexity index is 1110. The second-order valence-electron chi connectivity index (χ2n) is 8.90. The lowest BCUT2D eigenvalue weighted by atomic mass is 9.77. The topological polar surface area (TPSA) is 72.9 Å². The Kier molecular flexibility index (Phi) is 5.75. The van der Waals surface area contributed by atoms with Crippen molar-refractivity contribution in [2.24, 2.45) is 5.92 Å². The summed E-state index contributed by atoms with van der Waals surface area (Å²) in [6.45, 7) is 0.464. The first-order chi connectivity index (χ1) is 16.1. The summed E-state index contributed by atoms with van der Waals surface area (Å²) in [5.74, 6) is -0.569. The zero-order valence-electron chi connectivity index (χ0n) is 18.7. The van der Waals surface area contributed by atoms with Crippen LogP contribution in [-0.2, 0) is 25.5 Å². The molecular formula is C27H27NO5. The third-order valence-electron chi connectivity index (χ3n) is 6.99. The Morgan fingerprint density at radius 2 is 1.76 bits per heavy atom. The number of carbonyl (C=O) groups is 3. The highest BCUT2D eigenvalue weighted by Crippen LogP contribution is 2.46. The SMILES string of the molecule is COC(=O)c1ccc(C2C3=C(OC4CCCCC4C3=O)C(=O)N2CCc2ccccc2)cc1. The first-order valence-corrected chi connectivity index (χ1v) is 11.6. The van der Waals surface area contributed by atoms with E-state index in [0.29, 0.717) is 24.1 Å². The van der Waals surface area contributed by atoms with Gasteiger partial charge in [0.15, 0.2) is 11.5 Å². The summed E-state index contributed by atoms with van der Waals surface area (Å²) in [5, 5.41) is 0. The highest BCUT2D eigenvalue weighted by atomic mass is 16.5. The maximum absolute atomic E-state index is 13.6. The number of nitrogens with zero attached hydrogens (tertiary/aromatic N) is 1. The van der Waals surface area contributed by atoms with Crippen molar-refractivity contribution in [2.75, 3.05) is 13.7 Å². The van der Waals surface area contributed by atoms with E-state index >= 15 is 0 Å². The molecule has 1 aliphatic carbocycles. The molecule has 1 saturated carbocycles. The standard InChI is InChI=1S/C27H27NO5/c1-32-27(31)19-13-11-18(12-14-19)23-22-24(29)20-9-5-6-10-21(20)33-25(22)26(30)28(23)16-15-17-7-3-2-4-8-17/h2-4,7-8,11-14,20-21,23H,5-6,9-10,15-16H2,1H3. The third kappa shape index (κ3) is 3.84. The molecule has 6 nitrogen and oxygen atoms in total. The molecule has 5 rings (SSSR count). The minimum atomic E-state index is -0.515. The van der Waals surface area contributed by atoms with Crippen LogP contribution in [0.3, 0.4) is 0 Å². The maximum atomic E-state index is 13.6. The molecule has 0 N–H and O–H groups in total. The largest absolute Gasteiger partial charge is 0.483 e. The van der Waals surface area contributed by atoms with Crippen molar-refractivity contribution in [2.45, 2.75) is 44.2 Å². The number of fused-ring (bicyclic) bond motifs is 1. The van der Waals surface area contributed by atoms with E-state index in [0.717, 1.165) is 36.8 Å². The summed E-state index contributed by atoms with van der Waals surface area (Å²) in [6.07, 6.45) is 4.09. The number of ketones is 1. The summed E-state index contributed by atoms with van der Waals surface area (Å²) < 4.78 is 11.0. The molecule has 2 aromatic rings. The Labute approximate surface area is 193 Å². The second-order valence-corrected chi connectivity index (χ2v) is 8.90. The van der Waals surface area contributed by atoms with Gasteiger partial charge >= 0.3 is 5.97 Å². The molecule has 1 fully saturated rings. The normalized spacial score (nSPS) is 24.3. The molecule has 3 atom stereocenters. The van der Waals surface area contributed by atoms with E-state index in [-0.39, 0.29) is 29.5 Å². The Hall–Kier alpha value is -3.41. The fraction of sp³-hybridized carbons (Fsp3) is 0.370. The third-order valence-corrected chi connectivity index (χ3v) is 6.99. The lowest BCUT2D eigenvalue weighted by Gasteiger charge is -2.35. The molecule has 2 heterocycles. The van der Waals surface area contributed by atoms with Gasteiger partial charge in [-0.05, 0) is 48.9 Å². The van der Waals surface area contributed by atoms with Gasteiger partial charge in [-0.15, -0.1) is 0 Å². The van der Waals surface area contributed by atoms with E-state index in [2.05, 4.69) is 0 Å². The highest BCUT2D eigenvalue weighted by Gasteiger charge is 2.51. The lowest BCUT2D eigenvalue weighted by Crippen LogP contribution is -2.39. The smallest absolute Gasteiger partial charge is 0.337 e.